The fourth-order valence-corrected chi connectivity index (χ4v) is 1.55. The molecule has 0 bridgehead atoms. The van der Waals surface area contributed by atoms with E-state index in [-0.39, 0.29) is 12.5 Å². The third-order valence-electron chi connectivity index (χ3n) is 2.61. The molecule has 0 radical (unpaired) electrons. The highest BCUT2D eigenvalue weighted by Gasteiger charge is 2.06. The standard InChI is InChI=1S/C15H19NO3/c1-12-6-7-14(11-13(12)5-3-9-17)15(18)16-8-4-10-19-2/h6-7,11,17H,4,8-10H2,1-2H3,(H,16,18). The number of aliphatic hydroxyl groups excluding tert-OH is 1. The van der Waals surface area contributed by atoms with Crippen molar-refractivity contribution in [3.63, 3.8) is 0 Å². The number of benzene rings is 1. The third-order valence-corrected chi connectivity index (χ3v) is 2.61. The lowest BCUT2D eigenvalue weighted by Crippen LogP contribution is -2.25. The van der Waals surface area contributed by atoms with Crippen LogP contribution in [0.25, 0.3) is 0 Å². The van der Waals surface area contributed by atoms with Crippen LogP contribution in [0.1, 0.15) is 27.9 Å². The van der Waals surface area contributed by atoms with E-state index < -0.39 is 0 Å². The van der Waals surface area contributed by atoms with Gasteiger partial charge in [0.05, 0.1) is 0 Å². The van der Waals surface area contributed by atoms with E-state index in [1.807, 2.05) is 13.0 Å². The molecule has 0 aliphatic carbocycles. The lowest BCUT2D eigenvalue weighted by molar-refractivity contribution is 0.0948. The van der Waals surface area contributed by atoms with Crippen LogP contribution in [0.15, 0.2) is 18.2 Å². The summed E-state index contributed by atoms with van der Waals surface area (Å²) in [7, 11) is 1.63. The molecule has 102 valence electrons. The summed E-state index contributed by atoms with van der Waals surface area (Å²) < 4.78 is 4.92. The molecular weight excluding hydrogens is 242 g/mol. The second-order valence-electron chi connectivity index (χ2n) is 4.09. The Morgan fingerprint density at radius 3 is 2.95 bits per heavy atom. The minimum atomic E-state index is -0.188. The molecule has 0 unspecified atom stereocenters. The predicted molar refractivity (Wildman–Crippen MR) is 74.0 cm³/mol. The maximum Gasteiger partial charge on any atom is 0.251 e. The van der Waals surface area contributed by atoms with E-state index in [0.29, 0.717) is 18.7 Å². The summed E-state index contributed by atoms with van der Waals surface area (Å²) in [6, 6.07) is 5.36. The number of carbonyl (C=O) groups is 1. The van der Waals surface area contributed by atoms with E-state index in [4.69, 9.17) is 9.84 Å². The molecule has 1 rings (SSSR count). The number of hydrogen-bond acceptors (Lipinski definition) is 3. The van der Waals surface area contributed by atoms with Crippen LogP contribution < -0.4 is 5.32 Å². The minimum absolute atomic E-state index is 0.122. The molecule has 0 aromatic heterocycles. The molecular formula is C15H19NO3. The molecule has 2 N–H and O–H groups in total. The van der Waals surface area contributed by atoms with E-state index >= 15 is 0 Å². The largest absolute Gasteiger partial charge is 0.385 e. The van der Waals surface area contributed by atoms with Crippen molar-refractivity contribution in [1.82, 2.24) is 5.32 Å². The van der Waals surface area contributed by atoms with Gasteiger partial charge in [-0.1, -0.05) is 17.9 Å². The summed E-state index contributed by atoms with van der Waals surface area (Å²) in [5, 5.41) is 11.5. The van der Waals surface area contributed by atoms with Gasteiger partial charge in [0.15, 0.2) is 0 Å². The van der Waals surface area contributed by atoms with E-state index in [2.05, 4.69) is 17.2 Å². The molecule has 0 heterocycles. The topological polar surface area (TPSA) is 58.6 Å². The maximum atomic E-state index is 11.9. The van der Waals surface area contributed by atoms with Crippen LogP contribution in [-0.4, -0.2) is 37.9 Å². The summed E-state index contributed by atoms with van der Waals surface area (Å²) in [6.45, 7) is 2.94. The molecule has 0 saturated heterocycles. The summed E-state index contributed by atoms with van der Waals surface area (Å²) in [4.78, 5) is 11.9. The normalized spacial score (nSPS) is 9.63. The Hall–Kier alpha value is -1.83. The first-order valence-electron chi connectivity index (χ1n) is 6.16. The summed E-state index contributed by atoms with van der Waals surface area (Å²) in [5.74, 6) is 5.30. The van der Waals surface area contributed by atoms with Gasteiger partial charge in [0.25, 0.3) is 5.91 Å². The third kappa shape index (κ3) is 5.12. The smallest absolute Gasteiger partial charge is 0.251 e. The molecule has 0 aliphatic rings. The molecule has 0 spiro atoms. The first-order chi connectivity index (χ1) is 9.19. The Morgan fingerprint density at radius 1 is 1.47 bits per heavy atom. The van der Waals surface area contributed by atoms with E-state index in [0.717, 1.165) is 17.5 Å². The average Bonchev–Trinajstić information content (AvgIpc) is 2.42. The molecule has 0 fully saturated rings. The van der Waals surface area contributed by atoms with Crippen LogP contribution in [0.3, 0.4) is 0 Å². The van der Waals surface area contributed by atoms with Crippen LogP contribution in [0.4, 0.5) is 0 Å². The van der Waals surface area contributed by atoms with E-state index in [1.54, 1.807) is 19.2 Å². The van der Waals surface area contributed by atoms with E-state index in [1.165, 1.54) is 0 Å². The SMILES string of the molecule is COCCCNC(=O)c1ccc(C)c(C#CCO)c1. The van der Waals surface area contributed by atoms with Gasteiger partial charge < -0.3 is 15.2 Å². The number of amides is 1. The van der Waals surface area contributed by atoms with Gasteiger partial charge >= 0.3 is 0 Å². The molecule has 19 heavy (non-hydrogen) atoms. The molecule has 1 aromatic carbocycles. The summed E-state index contributed by atoms with van der Waals surface area (Å²) in [5.41, 5.74) is 2.32. The van der Waals surface area contributed by atoms with Gasteiger partial charge in [-0.05, 0) is 31.0 Å². The number of nitrogens with one attached hydrogen (secondary N) is 1. The number of hydrogen-bond donors (Lipinski definition) is 2. The van der Waals surface area contributed by atoms with Gasteiger partial charge in [0.2, 0.25) is 0 Å². The van der Waals surface area contributed by atoms with Gasteiger partial charge in [0, 0.05) is 31.4 Å². The van der Waals surface area contributed by atoms with Crippen LogP contribution >= 0.6 is 0 Å². The Labute approximate surface area is 113 Å². The zero-order chi connectivity index (χ0) is 14.1. The molecule has 0 aliphatic heterocycles. The number of rotatable bonds is 5. The second kappa shape index (κ2) is 8.30. The number of carbonyl (C=O) groups excluding carboxylic acids is 1. The van der Waals surface area contributed by atoms with Crippen molar-refractivity contribution in [2.24, 2.45) is 0 Å². The van der Waals surface area contributed by atoms with Crippen LogP contribution in [-0.2, 0) is 4.74 Å². The maximum absolute atomic E-state index is 11.9. The van der Waals surface area contributed by atoms with Crippen LogP contribution in [0.2, 0.25) is 0 Å². The van der Waals surface area contributed by atoms with Crippen molar-refractivity contribution >= 4 is 5.91 Å². The average molecular weight is 261 g/mol. The van der Waals surface area contributed by atoms with Crippen molar-refractivity contribution in [3.05, 3.63) is 34.9 Å². The van der Waals surface area contributed by atoms with Crippen molar-refractivity contribution in [2.45, 2.75) is 13.3 Å². The van der Waals surface area contributed by atoms with Crippen molar-refractivity contribution in [2.75, 3.05) is 26.9 Å². The zero-order valence-corrected chi connectivity index (χ0v) is 11.3. The highest BCUT2D eigenvalue weighted by Crippen LogP contribution is 2.10. The summed E-state index contributed by atoms with van der Waals surface area (Å²) in [6.07, 6.45) is 0.783. The lowest BCUT2D eigenvalue weighted by atomic mass is 10.0. The quantitative estimate of drug-likeness (QED) is 0.616. The van der Waals surface area contributed by atoms with Gasteiger partial charge in [0.1, 0.15) is 6.61 Å². The van der Waals surface area contributed by atoms with Gasteiger partial charge in [-0.2, -0.15) is 0 Å². The fraction of sp³-hybridized carbons (Fsp3) is 0.400. The molecule has 1 amide bonds. The van der Waals surface area contributed by atoms with Gasteiger partial charge in [-0.3, -0.25) is 4.79 Å². The highest BCUT2D eigenvalue weighted by molar-refractivity contribution is 5.94. The first-order valence-corrected chi connectivity index (χ1v) is 6.16. The Balaban J connectivity index is 2.70. The second-order valence-corrected chi connectivity index (χ2v) is 4.09. The van der Waals surface area contributed by atoms with Crippen molar-refractivity contribution in [1.29, 1.82) is 0 Å². The number of ether oxygens (including phenoxy) is 1. The molecule has 0 saturated carbocycles. The predicted octanol–water partition coefficient (Wildman–Crippen LogP) is 1.11. The highest BCUT2D eigenvalue weighted by atomic mass is 16.5. The van der Waals surface area contributed by atoms with E-state index in [9.17, 15) is 4.79 Å². The summed E-state index contributed by atoms with van der Waals surface area (Å²) >= 11 is 0. The molecule has 4 heteroatoms. The van der Waals surface area contributed by atoms with Crippen molar-refractivity contribution in [3.8, 4) is 11.8 Å². The first kappa shape index (κ1) is 15.2. The number of methoxy groups -OCH3 is 1. The minimum Gasteiger partial charge on any atom is -0.385 e. The van der Waals surface area contributed by atoms with Crippen LogP contribution in [0.5, 0.6) is 0 Å². The number of aliphatic hydroxyl groups is 1. The number of aryl methyl sites for hydroxylation is 1. The fourth-order valence-electron chi connectivity index (χ4n) is 1.55. The van der Waals surface area contributed by atoms with Gasteiger partial charge in [-0.15, -0.1) is 0 Å². The monoisotopic (exact) mass is 261 g/mol. The van der Waals surface area contributed by atoms with Crippen molar-refractivity contribution < 1.29 is 14.6 Å². The Bertz CT molecular complexity index is 486. The zero-order valence-electron chi connectivity index (χ0n) is 11.3. The molecule has 0 atom stereocenters. The molecule has 4 nitrogen and oxygen atoms in total. The lowest BCUT2D eigenvalue weighted by Gasteiger charge is -2.06. The Kier molecular flexibility index (Phi) is 6.65. The van der Waals surface area contributed by atoms with Crippen LogP contribution in [0, 0.1) is 18.8 Å². The Morgan fingerprint density at radius 2 is 2.26 bits per heavy atom. The van der Waals surface area contributed by atoms with Gasteiger partial charge in [-0.25, -0.2) is 0 Å². The molecule has 1 aromatic rings.